The van der Waals surface area contributed by atoms with E-state index in [0.29, 0.717) is 24.3 Å². The van der Waals surface area contributed by atoms with Crippen molar-refractivity contribution in [3.8, 4) is 0 Å². The number of hydrogen-bond acceptors (Lipinski definition) is 4. The van der Waals surface area contributed by atoms with E-state index < -0.39 is 6.04 Å². The fourth-order valence-corrected chi connectivity index (χ4v) is 3.28. The van der Waals surface area contributed by atoms with Crippen LogP contribution in [0.15, 0.2) is 24.3 Å². The largest absolute Gasteiger partial charge is 0.375 e. The zero-order chi connectivity index (χ0) is 18.0. The van der Waals surface area contributed by atoms with Crippen molar-refractivity contribution in [1.82, 2.24) is 10.6 Å². The summed E-state index contributed by atoms with van der Waals surface area (Å²) in [5.41, 5.74) is 0.579. The van der Waals surface area contributed by atoms with Crippen molar-refractivity contribution in [2.75, 3.05) is 11.9 Å². The quantitative estimate of drug-likeness (QED) is 0.767. The number of ether oxygens (including phenoxy) is 1. The molecule has 0 bridgehead atoms. The maximum Gasteiger partial charge on any atom is 0.254 e. The number of hydrogen-bond donors (Lipinski definition) is 3. The minimum atomic E-state index is -0.896. The van der Waals surface area contributed by atoms with Crippen molar-refractivity contribution in [1.29, 1.82) is 0 Å². The Morgan fingerprint density at radius 2 is 2.08 bits per heavy atom. The van der Waals surface area contributed by atoms with E-state index in [1.54, 1.807) is 24.3 Å². The Morgan fingerprint density at radius 1 is 1.32 bits per heavy atom. The highest BCUT2D eigenvalue weighted by Crippen LogP contribution is 2.24. The molecule has 1 saturated heterocycles. The van der Waals surface area contributed by atoms with Crippen LogP contribution in [-0.4, -0.2) is 42.0 Å². The van der Waals surface area contributed by atoms with Crippen LogP contribution >= 0.6 is 0 Å². The van der Waals surface area contributed by atoms with Crippen molar-refractivity contribution in [3.63, 3.8) is 0 Å². The molecular weight excluding hydrogens is 322 g/mol. The maximum absolute atomic E-state index is 12.3. The molecule has 3 rings (SSSR count). The van der Waals surface area contributed by atoms with Crippen LogP contribution in [0.1, 0.15) is 43.5 Å². The molecule has 0 unspecified atom stereocenters. The summed E-state index contributed by atoms with van der Waals surface area (Å²) >= 11 is 0. The van der Waals surface area contributed by atoms with Gasteiger partial charge in [0, 0.05) is 12.6 Å². The second kappa shape index (κ2) is 6.84. The summed E-state index contributed by atoms with van der Waals surface area (Å²) in [4.78, 5) is 36.9. The topological polar surface area (TPSA) is 96.5 Å². The Kier molecular flexibility index (Phi) is 4.76. The molecule has 1 aromatic carbocycles. The van der Waals surface area contributed by atoms with Crippen LogP contribution in [0.4, 0.5) is 5.69 Å². The number of rotatable bonds is 3. The first-order valence-corrected chi connectivity index (χ1v) is 8.48. The van der Waals surface area contributed by atoms with Gasteiger partial charge in [-0.05, 0) is 38.8 Å². The minimum Gasteiger partial charge on any atom is -0.375 e. The van der Waals surface area contributed by atoms with Crippen molar-refractivity contribution in [3.05, 3.63) is 29.8 Å². The van der Waals surface area contributed by atoms with Crippen LogP contribution in [0.3, 0.4) is 0 Å². The van der Waals surface area contributed by atoms with Gasteiger partial charge in [-0.25, -0.2) is 0 Å². The molecule has 134 valence electrons. The standard InChI is InChI=1S/C18H23N3O4/c1-18(2)10-11(7-8-25-18)19-15(22)9-14-17(24)20-13-6-4-3-5-12(13)16(23)21-14/h3-6,11,14H,7-10H2,1-2H3,(H,19,22)(H,20,24)(H,21,23)/t11-,14-/m0/s1. The fraction of sp³-hybridized carbons (Fsp3) is 0.500. The molecule has 3 amide bonds. The first kappa shape index (κ1) is 17.4. The molecule has 2 heterocycles. The van der Waals surface area contributed by atoms with Gasteiger partial charge < -0.3 is 20.7 Å². The number of carbonyl (C=O) groups excluding carboxylic acids is 3. The maximum atomic E-state index is 12.3. The second-order valence-corrected chi connectivity index (χ2v) is 7.13. The third-order valence-corrected chi connectivity index (χ3v) is 4.50. The van der Waals surface area contributed by atoms with Gasteiger partial charge in [0.1, 0.15) is 6.04 Å². The number of fused-ring (bicyclic) bond motifs is 1. The highest BCUT2D eigenvalue weighted by Gasteiger charge is 2.32. The molecule has 3 N–H and O–H groups in total. The SMILES string of the molecule is CC1(C)C[C@@H](NC(=O)C[C@@H]2NC(=O)c3ccccc3NC2=O)CCO1. The summed E-state index contributed by atoms with van der Waals surface area (Å²) in [5.74, 6) is -1.01. The van der Waals surface area contributed by atoms with Gasteiger partial charge in [0.25, 0.3) is 5.91 Å². The summed E-state index contributed by atoms with van der Waals surface area (Å²) < 4.78 is 5.64. The molecule has 7 heteroatoms. The lowest BCUT2D eigenvalue weighted by Gasteiger charge is -2.36. The first-order chi connectivity index (χ1) is 11.8. The lowest BCUT2D eigenvalue weighted by atomic mass is 9.94. The number of benzene rings is 1. The number of carbonyl (C=O) groups is 3. The van der Waals surface area contributed by atoms with Crippen LogP contribution < -0.4 is 16.0 Å². The lowest BCUT2D eigenvalue weighted by molar-refractivity contribution is -0.127. The van der Waals surface area contributed by atoms with Crippen molar-refractivity contribution in [2.45, 2.75) is 50.8 Å². The predicted octanol–water partition coefficient (Wildman–Crippen LogP) is 1.20. The summed E-state index contributed by atoms with van der Waals surface area (Å²) in [5, 5.41) is 8.28. The van der Waals surface area contributed by atoms with E-state index in [9.17, 15) is 14.4 Å². The smallest absolute Gasteiger partial charge is 0.254 e. The van der Waals surface area contributed by atoms with Gasteiger partial charge in [-0.2, -0.15) is 0 Å². The molecule has 0 aromatic heterocycles. The first-order valence-electron chi connectivity index (χ1n) is 8.48. The Bertz CT molecular complexity index is 701. The monoisotopic (exact) mass is 345 g/mol. The highest BCUT2D eigenvalue weighted by molar-refractivity contribution is 6.10. The van der Waals surface area contributed by atoms with Crippen molar-refractivity contribution >= 4 is 23.4 Å². The molecule has 1 fully saturated rings. The lowest BCUT2D eigenvalue weighted by Crippen LogP contribution is -2.49. The number of amides is 3. The van der Waals surface area contributed by atoms with Gasteiger partial charge >= 0.3 is 0 Å². The van der Waals surface area contributed by atoms with Crippen molar-refractivity contribution in [2.24, 2.45) is 0 Å². The molecule has 1 aromatic rings. The average Bonchev–Trinajstić information content (AvgIpc) is 2.64. The van der Waals surface area contributed by atoms with E-state index in [-0.39, 0.29) is 35.8 Å². The Balaban J connectivity index is 1.62. The molecule has 7 nitrogen and oxygen atoms in total. The van der Waals surface area contributed by atoms with E-state index in [1.165, 1.54) is 0 Å². The molecule has 0 saturated carbocycles. The summed E-state index contributed by atoms with van der Waals surface area (Å²) in [6.07, 6.45) is 1.36. The van der Waals surface area contributed by atoms with Crippen LogP contribution in [0.5, 0.6) is 0 Å². The summed E-state index contributed by atoms with van der Waals surface area (Å²) in [7, 11) is 0. The zero-order valence-electron chi connectivity index (χ0n) is 14.4. The van der Waals surface area contributed by atoms with Gasteiger partial charge in [0.05, 0.1) is 23.3 Å². The fourth-order valence-electron chi connectivity index (χ4n) is 3.28. The molecule has 25 heavy (non-hydrogen) atoms. The third kappa shape index (κ3) is 4.17. The van der Waals surface area contributed by atoms with Gasteiger partial charge in [-0.3, -0.25) is 14.4 Å². The van der Waals surface area contributed by atoms with E-state index in [2.05, 4.69) is 16.0 Å². The number of para-hydroxylation sites is 1. The molecule has 0 spiro atoms. The molecule has 2 atom stereocenters. The molecule has 0 aliphatic carbocycles. The average molecular weight is 345 g/mol. The summed E-state index contributed by atoms with van der Waals surface area (Å²) in [6.45, 7) is 4.57. The number of anilines is 1. The van der Waals surface area contributed by atoms with E-state index in [1.807, 2.05) is 13.8 Å². The van der Waals surface area contributed by atoms with Crippen LogP contribution in [0.25, 0.3) is 0 Å². The van der Waals surface area contributed by atoms with E-state index in [0.717, 1.165) is 6.42 Å². The van der Waals surface area contributed by atoms with Crippen molar-refractivity contribution < 1.29 is 19.1 Å². The van der Waals surface area contributed by atoms with Crippen LogP contribution in [0, 0.1) is 0 Å². The van der Waals surface area contributed by atoms with Gasteiger partial charge in [0.15, 0.2) is 0 Å². The molecule has 2 aliphatic rings. The van der Waals surface area contributed by atoms with Crippen LogP contribution in [-0.2, 0) is 14.3 Å². The summed E-state index contributed by atoms with van der Waals surface area (Å²) in [6, 6.07) is 5.89. The van der Waals surface area contributed by atoms with Gasteiger partial charge in [-0.1, -0.05) is 12.1 Å². The Labute approximate surface area is 146 Å². The Hall–Kier alpha value is -2.41. The van der Waals surface area contributed by atoms with E-state index >= 15 is 0 Å². The second-order valence-electron chi connectivity index (χ2n) is 7.13. The molecule has 2 aliphatic heterocycles. The van der Waals surface area contributed by atoms with E-state index in [4.69, 9.17) is 4.74 Å². The van der Waals surface area contributed by atoms with Gasteiger partial charge in [0.2, 0.25) is 11.8 Å². The predicted molar refractivity (Wildman–Crippen MR) is 92.1 cm³/mol. The van der Waals surface area contributed by atoms with Gasteiger partial charge in [-0.15, -0.1) is 0 Å². The molecular formula is C18H23N3O4. The third-order valence-electron chi connectivity index (χ3n) is 4.50. The zero-order valence-corrected chi connectivity index (χ0v) is 14.4. The number of nitrogens with one attached hydrogen (secondary N) is 3. The Morgan fingerprint density at radius 3 is 2.84 bits per heavy atom. The van der Waals surface area contributed by atoms with Crippen LogP contribution in [0.2, 0.25) is 0 Å². The molecule has 0 radical (unpaired) electrons. The highest BCUT2D eigenvalue weighted by atomic mass is 16.5. The normalized spacial score (nSPS) is 25.2. The minimum absolute atomic E-state index is 0.0120.